The molecule has 5 heteroatoms. The molecule has 0 aliphatic rings. The fraction of sp³-hybridized carbons (Fsp3) is 0.143. The number of nitrogens with two attached hydrogens (primary N) is 1. The van der Waals surface area contributed by atoms with Crippen LogP contribution in [0.15, 0.2) is 40.9 Å². The van der Waals surface area contributed by atoms with Gasteiger partial charge in [0.2, 0.25) is 0 Å². The molecular formula is C14H12BrClFNO. The monoisotopic (exact) mass is 343 g/mol. The van der Waals surface area contributed by atoms with Gasteiger partial charge in [-0.25, -0.2) is 4.39 Å². The minimum atomic E-state index is -0.427. The molecule has 0 heterocycles. The maximum absolute atomic E-state index is 13.7. The first-order chi connectivity index (χ1) is 9.02. The lowest BCUT2D eigenvalue weighted by atomic mass is 9.99. The third-order valence-electron chi connectivity index (χ3n) is 2.84. The minimum Gasteiger partial charge on any atom is -0.494 e. The second kappa shape index (κ2) is 5.90. The SMILES string of the molecule is COc1ccc(C(N)c2ccc(Cl)c(Br)c2)cc1F. The number of methoxy groups -OCH3 is 1. The number of hydrogen-bond donors (Lipinski definition) is 1. The predicted octanol–water partition coefficient (Wildman–Crippen LogP) is 4.30. The van der Waals surface area contributed by atoms with E-state index in [1.165, 1.54) is 13.2 Å². The molecule has 0 saturated carbocycles. The van der Waals surface area contributed by atoms with Crippen molar-refractivity contribution in [2.75, 3.05) is 7.11 Å². The van der Waals surface area contributed by atoms with E-state index < -0.39 is 11.9 Å². The summed E-state index contributed by atoms with van der Waals surface area (Å²) in [6.45, 7) is 0. The van der Waals surface area contributed by atoms with Crippen LogP contribution in [-0.4, -0.2) is 7.11 Å². The number of ether oxygens (including phenoxy) is 1. The molecule has 19 heavy (non-hydrogen) atoms. The molecule has 0 radical (unpaired) electrons. The molecular weight excluding hydrogens is 333 g/mol. The van der Waals surface area contributed by atoms with Crippen LogP contribution in [0.5, 0.6) is 5.75 Å². The molecule has 1 atom stereocenters. The lowest BCUT2D eigenvalue weighted by Crippen LogP contribution is -2.12. The highest BCUT2D eigenvalue weighted by Gasteiger charge is 2.13. The van der Waals surface area contributed by atoms with Gasteiger partial charge in [0.25, 0.3) is 0 Å². The van der Waals surface area contributed by atoms with Crippen molar-refractivity contribution in [2.24, 2.45) is 5.73 Å². The van der Waals surface area contributed by atoms with Crippen LogP contribution in [0, 0.1) is 5.82 Å². The van der Waals surface area contributed by atoms with Gasteiger partial charge in [-0.1, -0.05) is 23.7 Å². The number of hydrogen-bond acceptors (Lipinski definition) is 2. The topological polar surface area (TPSA) is 35.2 Å². The summed E-state index contributed by atoms with van der Waals surface area (Å²) in [5.41, 5.74) is 7.65. The summed E-state index contributed by atoms with van der Waals surface area (Å²) >= 11 is 9.27. The minimum absolute atomic E-state index is 0.202. The molecule has 2 aromatic carbocycles. The van der Waals surface area contributed by atoms with Crippen LogP contribution >= 0.6 is 27.5 Å². The Labute approximate surface area is 124 Å². The number of halogens is 3. The van der Waals surface area contributed by atoms with Crippen LogP contribution in [0.25, 0.3) is 0 Å². The molecule has 0 fully saturated rings. The quantitative estimate of drug-likeness (QED) is 0.901. The van der Waals surface area contributed by atoms with E-state index in [9.17, 15) is 4.39 Å². The molecule has 2 nitrogen and oxygen atoms in total. The molecule has 0 aromatic heterocycles. The lowest BCUT2D eigenvalue weighted by molar-refractivity contribution is 0.386. The van der Waals surface area contributed by atoms with Crippen molar-refractivity contribution in [2.45, 2.75) is 6.04 Å². The molecule has 0 spiro atoms. The van der Waals surface area contributed by atoms with E-state index in [0.717, 1.165) is 10.0 Å². The van der Waals surface area contributed by atoms with Gasteiger partial charge in [-0.15, -0.1) is 0 Å². The first kappa shape index (κ1) is 14.3. The molecule has 0 saturated heterocycles. The average molecular weight is 345 g/mol. The second-order valence-corrected chi connectivity index (χ2v) is 5.31. The van der Waals surface area contributed by atoms with Gasteiger partial charge in [0.15, 0.2) is 11.6 Å². The van der Waals surface area contributed by atoms with Gasteiger partial charge in [-0.3, -0.25) is 0 Å². The summed E-state index contributed by atoms with van der Waals surface area (Å²) in [4.78, 5) is 0. The molecule has 1 unspecified atom stereocenters. The molecule has 2 N–H and O–H groups in total. The van der Waals surface area contributed by atoms with Crippen LogP contribution in [0.4, 0.5) is 4.39 Å². The summed E-state index contributed by atoms with van der Waals surface area (Å²) < 4.78 is 19.3. The van der Waals surface area contributed by atoms with Crippen molar-refractivity contribution in [1.82, 2.24) is 0 Å². The van der Waals surface area contributed by atoms with Crippen molar-refractivity contribution in [1.29, 1.82) is 0 Å². The van der Waals surface area contributed by atoms with E-state index in [4.69, 9.17) is 22.1 Å². The van der Waals surface area contributed by atoms with Crippen molar-refractivity contribution in [3.63, 3.8) is 0 Å². The highest BCUT2D eigenvalue weighted by molar-refractivity contribution is 9.10. The summed E-state index contributed by atoms with van der Waals surface area (Å²) in [7, 11) is 1.42. The van der Waals surface area contributed by atoms with Crippen LogP contribution in [0.1, 0.15) is 17.2 Å². The van der Waals surface area contributed by atoms with Crippen LogP contribution in [0.2, 0.25) is 5.02 Å². The Balaban J connectivity index is 2.35. The smallest absolute Gasteiger partial charge is 0.165 e. The van der Waals surface area contributed by atoms with Crippen molar-refractivity contribution in [3.8, 4) is 5.75 Å². The van der Waals surface area contributed by atoms with E-state index in [0.29, 0.717) is 10.6 Å². The molecule has 2 aromatic rings. The van der Waals surface area contributed by atoms with Gasteiger partial charge in [0, 0.05) is 4.47 Å². The third kappa shape index (κ3) is 3.08. The normalized spacial score (nSPS) is 12.3. The van der Waals surface area contributed by atoms with E-state index in [1.54, 1.807) is 18.2 Å². The number of benzene rings is 2. The van der Waals surface area contributed by atoms with Crippen LogP contribution < -0.4 is 10.5 Å². The van der Waals surface area contributed by atoms with Gasteiger partial charge in [-0.2, -0.15) is 0 Å². The van der Waals surface area contributed by atoms with Gasteiger partial charge >= 0.3 is 0 Å². The predicted molar refractivity (Wildman–Crippen MR) is 78.1 cm³/mol. The zero-order valence-electron chi connectivity index (χ0n) is 10.2. The highest BCUT2D eigenvalue weighted by atomic mass is 79.9. The summed E-state index contributed by atoms with van der Waals surface area (Å²) in [6.07, 6.45) is 0. The molecule has 0 bridgehead atoms. The fourth-order valence-electron chi connectivity index (χ4n) is 1.77. The van der Waals surface area contributed by atoms with Crippen molar-refractivity contribution < 1.29 is 9.13 Å². The Morgan fingerprint density at radius 3 is 2.42 bits per heavy atom. The van der Waals surface area contributed by atoms with Crippen LogP contribution in [0.3, 0.4) is 0 Å². The summed E-state index contributed by atoms with van der Waals surface area (Å²) in [5, 5.41) is 0.608. The Hall–Kier alpha value is -1.10. The zero-order valence-corrected chi connectivity index (χ0v) is 12.5. The first-order valence-corrected chi connectivity index (χ1v) is 6.74. The number of rotatable bonds is 3. The van der Waals surface area contributed by atoms with E-state index in [2.05, 4.69) is 15.9 Å². The molecule has 0 aliphatic carbocycles. The molecule has 0 amide bonds. The average Bonchev–Trinajstić information content (AvgIpc) is 2.41. The zero-order chi connectivity index (χ0) is 14.0. The largest absolute Gasteiger partial charge is 0.494 e. The van der Waals surface area contributed by atoms with Crippen molar-refractivity contribution >= 4 is 27.5 Å². The standard InChI is InChI=1S/C14H12BrClFNO/c1-19-13-5-3-9(7-12(13)17)14(18)8-2-4-11(16)10(15)6-8/h2-7,14H,18H2,1H3. The highest BCUT2D eigenvalue weighted by Crippen LogP contribution is 2.29. The third-order valence-corrected chi connectivity index (χ3v) is 4.05. The Kier molecular flexibility index (Phi) is 4.45. The maximum Gasteiger partial charge on any atom is 0.165 e. The Bertz CT molecular complexity index is 606. The molecule has 0 aliphatic heterocycles. The Morgan fingerprint density at radius 2 is 1.84 bits per heavy atom. The Morgan fingerprint density at radius 1 is 1.21 bits per heavy atom. The lowest BCUT2D eigenvalue weighted by Gasteiger charge is -2.14. The summed E-state index contributed by atoms with van der Waals surface area (Å²) in [6, 6.07) is 9.67. The van der Waals surface area contributed by atoms with Gasteiger partial charge in [0.05, 0.1) is 18.2 Å². The maximum atomic E-state index is 13.7. The van der Waals surface area contributed by atoms with Gasteiger partial charge in [0.1, 0.15) is 0 Å². The molecule has 100 valence electrons. The second-order valence-electron chi connectivity index (χ2n) is 4.05. The van der Waals surface area contributed by atoms with Crippen molar-refractivity contribution in [3.05, 3.63) is 62.8 Å². The van der Waals surface area contributed by atoms with E-state index in [1.807, 2.05) is 12.1 Å². The van der Waals surface area contributed by atoms with Crippen LogP contribution in [-0.2, 0) is 0 Å². The van der Waals surface area contributed by atoms with Gasteiger partial charge < -0.3 is 10.5 Å². The molecule has 2 rings (SSSR count). The summed E-state index contributed by atoms with van der Waals surface area (Å²) in [5.74, 6) is -0.225. The first-order valence-electron chi connectivity index (χ1n) is 5.57. The fourth-order valence-corrected chi connectivity index (χ4v) is 2.29. The van der Waals surface area contributed by atoms with Gasteiger partial charge in [-0.05, 0) is 51.3 Å². The van der Waals surface area contributed by atoms with E-state index in [-0.39, 0.29) is 5.75 Å². The van der Waals surface area contributed by atoms with E-state index >= 15 is 0 Å².